The van der Waals surface area contributed by atoms with E-state index in [4.69, 9.17) is 4.74 Å². The van der Waals surface area contributed by atoms with Crippen LogP contribution in [-0.4, -0.2) is 19.2 Å². The highest BCUT2D eigenvalue weighted by Gasteiger charge is 2.30. The minimum absolute atomic E-state index is 0.712. The summed E-state index contributed by atoms with van der Waals surface area (Å²) in [5, 5.41) is 3.65. The van der Waals surface area contributed by atoms with Gasteiger partial charge in [-0.1, -0.05) is 25.1 Å². The molecule has 0 bridgehead atoms. The maximum atomic E-state index is 5.90. The van der Waals surface area contributed by atoms with Crippen LogP contribution in [0, 0.1) is 5.92 Å². The van der Waals surface area contributed by atoms with Gasteiger partial charge in [-0.2, -0.15) is 0 Å². The number of rotatable bonds is 6. The molecule has 1 fully saturated rings. The van der Waals surface area contributed by atoms with Gasteiger partial charge in [0.1, 0.15) is 5.75 Å². The molecule has 1 heterocycles. The van der Waals surface area contributed by atoms with Crippen LogP contribution in [0.3, 0.4) is 0 Å². The molecule has 0 amide bonds. The van der Waals surface area contributed by atoms with Crippen molar-refractivity contribution >= 4 is 0 Å². The first kappa shape index (κ1) is 13.0. The number of benzene rings is 1. The molecule has 1 saturated carbocycles. The summed E-state index contributed by atoms with van der Waals surface area (Å²) in [5.74, 6) is 2.13. The second-order valence-electron chi connectivity index (χ2n) is 5.90. The molecule has 1 unspecified atom stereocenters. The van der Waals surface area contributed by atoms with Crippen molar-refractivity contribution in [3.05, 3.63) is 29.3 Å². The van der Waals surface area contributed by atoms with Gasteiger partial charge in [-0.05, 0) is 62.1 Å². The van der Waals surface area contributed by atoms with Crippen LogP contribution in [0.2, 0.25) is 0 Å². The van der Waals surface area contributed by atoms with Crippen molar-refractivity contribution in [1.82, 2.24) is 5.32 Å². The summed E-state index contributed by atoms with van der Waals surface area (Å²) < 4.78 is 5.90. The summed E-state index contributed by atoms with van der Waals surface area (Å²) in [6.45, 7) is 4.19. The highest BCUT2D eigenvalue weighted by Crippen LogP contribution is 2.36. The molecule has 1 atom stereocenters. The number of hydrogen-bond donors (Lipinski definition) is 1. The molecule has 0 aromatic heterocycles. The van der Waals surface area contributed by atoms with Crippen molar-refractivity contribution in [3.8, 4) is 5.75 Å². The van der Waals surface area contributed by atoms with Gasteiger partial charge in [0.2, 0.25) is 0 Å². The third-order valence-electron chi connectivity index (χ3n) is 4.40. The van der Waals surface area contributed by atoms with Crippen molar-refractivity contribution < 1.29 is 4.74 Å². The largest absolute Gasteiger partial charge is 0.493 e. The molecule has 0 saturated heterocycles. The molecule has 0 spiro atoms. The zero-order valence-electron chi connectivity index (χ0n) is 12.0. The van der Waals surface area contributed by atoms with Crippen LogP contribution in [-0.2, 0) is 12.8 Å². The minimum atomic E-state index is 0.712. The number of nitrogens with one attached hydrogen (secondary N) is 1. The van der Waals surface area contributed by atoms with E-state index in [-0.39, 0.29) is 0 Å². The SMILES string of the molecule is CCNC(CCc1cccc2c1OCCC2)C1CC1. The molecule has 0 radical (unpaired) electrons. The number of aryl methyl sites for hydroxylation is 2. The molecule has 1 aliphatic carbocycles. The fourth-order valence-corrected chi connectivity index (χ4v) is 3.23. The summed E-state index contributed by atoms with van der Waals surface area (Å²) in [7, 11) is 0. The molecular formula is C17H25NO. The number of fused-ring (bicyclic) bond motifs is 1. The van der Waals surface area contributed by atoms with Crippen molar-refractivity contribution in [1.29, 1.82) is 0 Å². The van der Waals surface area contributed by atoms with Crippen LogP contribution < -0.4 is 10.1 Å². The summed E-state index contributed by atoms with van der Waals surface area (Å²) in [4.78, 5) is 0. The highest BCUT2D eigenvalue weighted by atomic mass is 16.5. The predicted octanol–water partition coefficient (Wildman–Crippen LogP) is 3.33. The minimum Gasteiger partial charge on any atom is -0.493 e. The fourth-order valence-electron chi connectivity index (χ4n) is 3.23. The van der Waals surface area contributed by atoms with E-state index in [0.717, 1.165) is 25.5 Å². The molecule has 2 heteroatoms. The monoisotopic (exact) mass is 259 g/mol. The predicted molar refractivity (Wildman–Crippen MR) is 78.8 cm³/mol. The smallest absolute Gasteiger partial charge is 0.125 e. The van der Waals surface area contributed by atoms with Gasteiger partial charge < -0.3 is 10.1 Å². The van der Waals surface area contributed by atoms with E-state index in [1.165, 1.54) is 49.0 Å². The molecule has 1 N–H and O–H groups in total. The van der Waals surface area contributed by atoms with Gasteiger partial charge in [-0.25, -0.2) is 0 Å². The van der Waals surface area contributed by atoms with Gasteiger partial charge >= 0.3 is 0 Å². The van der Waals surface area contributed by atoms with Crippen molar-refractivity contribution in [3.63, 3.8) is 0 Å². The maximum absolute atomic E-state index is 5.90. The lowest BCUT2D eigenvalue weighted by Crippen LogP contribution is -2.31. The Balaban J connectivity index is 1.65. The van der Waals surface area contributed by atoms with E-state index < -0.39 is 0 Å². The second-order valence-corrected chi connectivity index (χ2v) is 5.90. The Labute approximate surface area is 116 Å². The Bertz CT molecular complexity index is 425. The lowest BCUT2D eigenvalue weighted by Gasteiger charge is -2.22. The molecule has 19 heavy (non-hydrogen) atoms. The molecule has 1 aromatic rings. The third kappa shape index (κ3) is 3.11. The summed E-state index contributed by atoms with van der Waals surface area (Å²) >= 11 is 0. The normalized spacial score (nSPS) is 19.6. The summed E-state index contributed by atoms with van der Waals surface area (Å²) in [6, 6.07) is 7.38. The van der Waals surface area contributed by atoms with Gasteiger partial charge in [-0.3, -0.25) is 0 Å². The third-order valence-corrected chi connectivity index (χ3v) is 4.40. The maximum Gasteiger partial charge on any atom is 0.125 e. The van der Waals surface area contributed by atoms with E-state index in [1.54, 1.807) is 0 Å². The van der Waals surface area contributed by atoms with Gasteiger partial charge in [-0.15, -0.1) is 0 Å². The van der Waals surface area contributed by atoms with Gasteiger partial charge in [0.05, 0.1) is 6.61 Å². The Morgan fingerprint density at radius 3 is 3.05 bits per heavy atom. The Kier molecular flexibility index (Phi) is 4.07. The summed E-state index contributed by atoms with van der Waals surface area (Å²) in [5.41, 5.74) is 2.83. The zero-order chi connectivity index (χ0) is 13.1. The second kappa shape index (κ2) is 5.96. The first-order valence-electron chi connectivity index (χ1n) is 7.85. The van der Waals surface area contributed by atoms with E-state index in [9.17, 15) is 0 Å². The van der Waals surface area contributed by atoms with Gasteiger partial charge in [0.15, 0.2) is 0 Å². The first-order chi connectivity index (χ1) is 9.38. The van der Waals surface area contributed by atoms with Gasteiger partial charge in [0, 0.05) is 6.04 Å². The van der Waals surface area contributed by atoms with Crippen molar-refractivity contribution in [2.75, 3.05) is 13.2 Å². The number of ether oxygens (including phenoxy) is 1. The Hall–Kier alpha value is -1.02. The standard InChI is InChI=1S/C17H25NO/c1-2-18-16(13-8-9-13)11-10-15-6-3-5-14-7-4-12-19-17(14)15/h3,5-6,13,16,18H,2,4,7-12H2,1H3. The zero-order valence-corrected chi connectivity index (χ0v) is 12.0. The molecule has 3 rings (SSSR count). The van der Waals surface area contributed by atoms with E-state index >= 15 is 0 Å². The molecule has 2 aliphatic rings. The van der Waals surface area contributed by atoms with Gasteiger partial charge in [0.25, 0.3) is 0 Å². The Morgan fingerprint density at radius 2 is 2.26 bits per heavy atom. The lowest BCUT2D eigenvalue weighted by molar-refractivity contribution is 0.284. The van der Waals surface area contributed by atoms with Crippen LogP contribution >= 0.6 is 0 Å². The topological polar surface area (TPSA) is 21.3 Å². The van der Waals surface area contributed by atoms with Crippen LogP contribution in [0.25, 0.3) is 0 Å². The van der Waals surface area contributed by atoms with Crippen molar-refractivity contribution in [2.45, 2.75) is 51.5 Å². The molecule has 1 aromatic carbocycles. The number of hydrogen-bond acceptors (Lipinski definition) is 2. The van der Waals surface area contributed by atoms with E-state index in [0.29, 0.717) is 6.04 Å². The van der Waals surface area contributed by atoms with Crippen LogP contribution in [0.5, 0.6) is 5.75 Å². The lowest BCUT2D eigenvalue weighted by atomic mass is 9.97. The number of para-hydroxylation sites is 1. The highest BCUT2D eigenvalue weighted by molar-refractivity contribution is 5.42. The molecular weight excluding hydrogens is 234 g/mol. The molecule has 1 aliphatic heterocycles. The first-order valence-corrected chi connectivity index (χ1v) is 7.85. The summed E-state index contributed by atoms with van der Waals surface area (Å²) in [6.07, 6.45) is 7.58. The quantitative estimate of drug-likeness (QED) is 0.846. The van der Waals surface area contributed by atoms with E-state index in [1.807, 2.05) is 0 Å². The van der Waals surface area contributed by atoms with Crippen LogP contribution in [0.1, 0.15) is 43.7 Å². The van der Waals surface area contributed by atoms with Crippen LogP contribution in [0.15, 0.2) is 18.2 Å². The van der Waals surface area contributed by atoms with Crippen LogP contribution in [0.4, 0.5) is 0 Å². The molecule has 2 nitrogen and oxygen atoms in total. The van der Waals surface area contributed by atoms with Crippen molar-refractivity contribution in [2.24, 2.45) is 5.92 Å². The Morgan fingerprint density at radius 1 is 1.37 bits per heavy atom. The van der Waals surface area contributed by atoms with E-state index in [2.05, 4.69) is 30.4 Å². The molecule has 104 valence electrons. The fraction of sp³-hybridized carbons (Fsp3) is 0.647. The average Bonchev–Trinajstić information content (AvgIpc) is 3.28. The average molecular weight is 259 g/mol.